The molecule has 2 rings (SSSR count). The Morgan fingerprint density at radius 2 is 2.19 bits per heavy atom. The van der Waals surface area contributed by atoms with Gasteiger partial charge in [0.25, 0.3) is 11.6 Å². The zero-order valence-corrected chi connectivity index (χ0v) is 13.6. The molecule has 1 amide bonds. The fourth-order valence-corrected chi connectivity index (χ4v) is 2.96. The number of ether oxygens (including phenoxy) is 1. The number of hydrogen-bond acceptors (Lipinski definition) is 4. The lowest BCUT2D eigenvalue weighted by atomic mass is 9.64. The van der Waals surface area contributed by atoms with Crippen LogP contribution in [0.4, 0.5) is 5.69 Å². The van der Waals surface area contributed by atoms with Crippen LogP contribution >= 0.6 is 15.9 Å². The molecule has 0 aliphatic heterocycles. The third-order valence-corrected chi connectivity index (χ3v) is 4.84. The first-order valence-corrected chi connectivity index (χ1v) is 7.34. The molecule has 21 heavy (non-hydrogen) atoms. The van der Waals surface area contributed by atoms with E-state index in [9.17, 15) is 14.9 Å². The molecular weight excluding hydrogens is 340 g/mol. The average Bonchev–Trinajstić information content (AvgIpc) is 2.42. The number of nitrogens with zero attached hydrogens (tertiary/aromatic N) is 1. The smallest absolute Gasteiger partial charge is 0.284 e. The number of rotatable bonds is 4. The monoisotopic (exact) mass is 356 g/mol. The van der Waals surface area contributed by atoms with E-state index in [1.807, 2.05) is 13.8 Å². The first-order valence-electron chi connectivity index (χ1n) is 6.55. The normalized spacial score (nSPS) is 23.2. The van der Waals surface area contributed by atoms with E-state index in [2.05, 4.69) is 21.2 Å². The van der Waals surface area contributed by atoms with Gasteiger partial charge in [0.05, 0.1) is 15.5 Å². The fourth-order valence-electron chi connectivity index (χ4n) is 2.57. The molecule has 1 fully saturated rings. The molecule has 0 heterocycles. The summed E-state index contributed by atoms with van der Waals surface area (Å²) in [5.41, 5.74) is 0.0120. The van der Waals surface area contributed by atoms with Crippen molar-refractivity contribution in [3.05, 3.63) is 38.3 Å². The lowest BCUT2D eigenvalue weighted by molar-refractivity contribution is -0.385. The molecule has 6 nitrogen and oxygen atoms in total. The van der Waals surface area contributed by atoms with Crippen molar-refractivity contribution in [2.24, 2.45) is 5.41 Å². The molecule has 114 valence electrons. The largest absolute Gasteiger partial charge is 0.381 e. The molecule has 1 aliphatic carbocycles. The molecule has 1 N–H and O–H groups in total. The van der Waals surface area contributed by atoms with Crippen LogP contribution in [0.15, 0.2) is 22.7 Å². The Labute approximate surface area is 131 Å². The van der Waals surface area contributed by atoms with Crippen LogP contribution in [-0.2, 0) is 4.74 Å². The van der Waals surface area contributed by atoms with Crippen LogP contribution in [-0.4, -0.2) is 30.1 Å². The molecule has 0 radical (unpaired) electrons. The van der Waals surface area contributed by atoms with Gasteiger partial charge in [0.1, 0.15) is 0 Å². The van der Waals surface area contributed by atoms with E-state index in [-0.39, 0.29) is 34.7 Å². The van der Waals surface area contributed by atoms with Crippen LogP contribution in [0.5, 0.6) is 0 Å². The molecule has 0 aromatic heterocycles. The second-order valence-electron chi connectivity index (χ2n) is 5.73. The van der Waals surface area contributed by atoms with Crippen molar-refractivity contribution in [2.75, 3.05) is 7.11 Å². The topological polar surface area (TPSA) is 81.5 Å². The van der Waals surface area contributed by atoms with Crippen molar-refractivity contribution >= 4 is 27.5 Å². The number of methoxy groups -OCH3 is 1. The third-order valence-electron chi connectivity index (χ3n) is 4.17. The predicted molar refractivity (Wildman–Crippen MR) is 81.2 cm³/mol. The first-order chi connectivity index (χ1) is 9.77. The molecule has 1 aromatic rings. The molecule has 2 unspecified atom stereocenters. The fraction of sp³-hybridized carbons (Fsp3) is 0.500. The maximum absolute atomic E-state index is 12.2. The Balaban J connectivity index is 2.12. The minimum atomic E-state index is -0.519. The van der Waals surface area contributed by atoms with Crippen LogP contribution in [0, 0.1) is 15.5 Å². The number of carbonyl (C=O) groups excluding carboxylic acids is 1. The Morgan fingerprint density at radius 1 is 1.52 bits per heavy atom. The van der Waals surface area contributed by atoms with Gasteiger partial charge in [-0.1, -0.05) is 13.8 Å². The van der Waals surface area contributed by atoms with E-state index < -0.39 is 4.92 Å². The Morgan fingerprint density at radius 3 is 2.71 bits per heavy atom. The second-order valence-corrected chi connectivity index (χ2v) is 6.59. The Kier molecular flexibility index (Phi) is 4.34. The highest BCUT2D eigenvalue weighted by atomic mass is 79.9. The van der Waals surface area contributed by atoms with Gasteiger partial charge >= 0.3 is 0 Å². The van der Waals surface area contributed by atoms with Crippen LogP contribution in [0.2, 0.25) is 0 Å². The van der Waals surface area contributed by atoms with Crippen LogP contribution in [0.1, 0.15) is 30.6 Å². The van der Waals surface area contributed by atoms with Crippen molar-refractivity contribution in [3.63, 3.8) is 0 Å². The summed E-state index contributed by atoms with van der Waals surface area (Å²) >= 11 is 3.10. The van der Waals surface area contributed by atoms with Gasteiger partial charge in [-0.15, -0.1) is 0 Å². The molecule has 1 aliphatic rings. The van der Waals surface area contributed by atoms with E-state index in [1.54, 1.807) is 13.2 Å². The van der Waals surface area contributed by atoms with E-state index in [0.717, 1.165) is 6.42 Å². The zero-order valence-electron chi connectivity index (χ0n) is 12.1. The predicted octanol–water partition coefficient (Wildman–Crippen LogP) is 2.90. The Bertz CT molecular complexity index is 588. The number of nitro groups is 1. The number of halogens is 1. The van der Waals surface area contributed by atoms with Gasteiger partial charge < -0.3 is 10.1 Å². The maximum atomic E-state index is 12.2. The van der Waals surface area contributed by atoms with Gasteiger partial charge in [0.2, 0.25) is 0 Å². The minimum Gasteiger partial charge on any atom is -0.381 e. The van der Waals surface area contributed by atoms with Crippen molar-refractivity contribution in [1.29, 1.82) is 0 Å². The third kappa shape index (κ3) is 2.94. The summed E-state index contributed by atoms with van der Waals surface area (Å²) in [4.78, 5) is 22.6. The lowest BCUT2D eigenvalue weighted by Gasteiger charge is -2.51. The quantitative estimate of drug-likeness (QED) is 0.664. The van der Waals surface area contributed by atoms with Crippen molar-refractivity contribution in [3.8, 4) is 0 Å². The standard InChI is InChI=1S/C14H17BrN2O4/c1-14(2)11(7-12(14)21-3)16-13(18)8-4-5-9(15)10(6-8)17(19)20/h4-6,11-12H,7H2,1-3H3,(H,16,18). The number of amides is 1. The summed E-state index contributed by atoms with van der Waals surface area (Å²) in [5, 5.41) is 13.8. The number of carbonyl (C=O) groups is 1. The molecule has 0 bridgehead atoms. The SMILES string of the molecule is COC1CC(NC(=O)c2ccc(Br)c([N+](=O)[O-])c2)C1(C)C. The molecule has 0 saturated heterocycles. The molecular formula is C14H17BrN2O4. The van der Waals surface area contributed by atoms with Gasteiger partial charge in [0, 0.05) is 30.2 Å². The second kappa shape index (κ2) is 5.73. The van der Waals surface area contributed by atoms with Crippen molar-refractivity contribution in [2.45, 2.75) is 32.4 Å². The highest BCUT2D eigenvalue weighted by Crippen LogP contribution is 2.42. The van der Waals surface area contributed by atoms with E-state index in [0.29, 0.717) is 4.47 Å². The average molecular weight is 357 g/mol. The highest BCUT2D eigenvalue weighted by Gasteiger charge is 2.49. The van der Waals surface area contributed by atoms with E-state index in [4.69, 9.17) is 4.74 Å². The van der Waals surface area contributed by atoms with Gasteiger partial charge in [0.15, 0.2) is 0 Å². The van der Waals surface area contributed by atoms with Gasteiger partial charge in [-0.05, 0) is 34.5 Å². The molecule has 1 saturated carbocycles. The summed E-state index contributed by atoms with van der Waals surface area (Å²) < 4.78 is 5.69. The van der Waals surface area contributed by atoms with Crippen LogP contribution in [0.25, 0.3) is 0 Å². The highest BCUT2D eigenvalue weighted by molar-refractivity contribution is 9.10. The molecule has 1 aromatic carbocycles. The lowest BCUT2D eigenvalue weighted by Crippen LogP contribution is -2.61. The number of nitro benzene ring substituents is 1. The van der Waals surface area contributed by atoms with E-state index in [1.165, 1.54) is 12.1 Å². The molecule has 7 heteroatoms. The summed E-state index contributed by atoms with van der Waals surface area (Å²) in [7, 11) is 1.66. The van der Waals surface area contributed by atoms with Crippen LogP contribution < -0.4 is 5.32 Å². The molecule has 0 spiro atoms. The summed E-state index contributed by atoms with van der Waals surface area (Å²) in [6.45, 7) is 4.05. The first kappa shape index (κ1) is 15.9. The van der Waals surface area contributed by atoms with Crippen LogP contribution in [0.3, 0.4) is 0 Å². The summed E-state index contributed by atoms with van der Waals surface area (Å²) in [6.07, 6.45) is 0.857. The zero-order chi connectivity index (χ0) is 15.8. The summed E-state index contributed by atoms with van der Waals surface area (Å²) in [5.74, 6) is -0.307. The summed E-state index contributed by atoms with van der Waals surface area (Å²) in [6, 6.07) is 4.35. The Hall–Kier alpha value is -1.47. The van der Waals surface area contributed by atoms with Gasteiger partial charge in [-0.3, -0.25) is 14.9 Å². The molecule has 2 atom stereocenters. The van der Waals surface area contributed by atoms with Gasteiger partial charge in [-0.2, -0.15) is 0 Å². The maximum Gasteiger partial charge on any atom is 0.284 e. The number of nitrogens with one attached hydrogen (secondary N) is 1. The van der Waals surface area contributed by atoms with Crippen molar-refractivity contribution < 1.29 is 14.5 Å². The van der Waals surface area contributed by atoms with Crippen molar-refractivity contribution in [1.82, 2.24) is 5.32 Å². The van der Waals surface area contributed by atoms with Gasteiger partial charge in [-0.25, -0.2) is 0 Å². The number of hydrogen-bond donors (Lipinski definition) is 1. The van der Waals surface area contributed by atoms with E-state index >= 15 is 0 Å². The minimum absolute atomic E-state index is 0.00217. The number of benzene rings is 1.